The zero-order valence-corrected chi connectivity index (χ0v) is 15.2. The topological polar surface area (TPSA) is 79.1 Å². The van der Waals surface area contributed by atoms with Crippen LogP contribution in [0.1, 0.15) is 17.0 Å². The zero-order valence-electron chi connectivity index (χ0n) is 15.2. The summed E-state index contributed by atoms with van der Waals surface area (Å²) in [5, 5.41) is 11.4. The second-order valence-electron chi connectivity index (χ2n) is 5.81. The van der Waals surface area contributed by atoms with Gasteiger partial charge >= 0.3 is 5.97 Å². The summed E-state index contributed by atoms with van der Waals surface area (Å²) < 4.78 is 12.0. The van der Waals surface area contributed by atoms with E-state index in [-0.39, 0.29) is 12.3 Å². The molecule has 138 valence electrons. The Morgan fingerprint density at radius 3 is 2.48 bits per heavy atom. The summed E-state index contributed by atoms with van der Waals surface area (Å²) >= 11 is 0. The average molecular weight is 364 g/mol. The Morgan fingerprint density at radius 2 is 1.85 bits per heavy atom. The lowest BCUT2D eigenvalue weighted by Gasteiger charge is -2.09. The Bertz CT molecular complexity index is 918. The van der Waals surface area contributed by atoms with E-state index in [1.54, 1.807) is 20.1 Å². The van der Waals surface area contributed by atoms with Gasteiger partial charge in [0.25, 0.3) is 0 Å². The summed E-state index contributed by atoms with van der Waals surface area (Å²) in [4.78, 5) is 12.7. The van der Waals surface area contributed by atoms with E-state index in [0.717, 1.165) is 16.9 Å². The molecule has 0 unspecified atom stereocenters. The molecule has 0 aliphatic rings. The van der Waals surface area contributed by atoms with Crippen LogP contribution in [0.3, 0.4) is 0 Å². The molecule has 3 rings (SSSR count). The fourth-order valence-electron chi connectivity index (χ4n) is 2.50. The van der Waals surface area contributed by atoms with Crippen LogP contribution in [-0.4, -0.2) is 39.9 Å². The third kappa shape index (κ3) is 4.78. The number of nitrogens with zero attached hydrogens (tertiary/aromatic N) is 4. The Labute approximate surface area is 157 Å². The maximum Gasteiger partial charge on any atom is 0.357 e. The lowest BCUT2D eigenvalue weighted by molar-refractivity contribution is -0.137. The maximum absolute atomic E-state index is 12.7. The monoisotopic (exact) mass is 364 g/mol. The number of hydrogen-bond donors (Lipinski definition) is 0. The van der Waals surface area contributed by atoms with Crippen LogP contribution in [0.5, 0.6) is 5.75 Å². The number of esters is 1. The van der Waals surface area contributed by atoms with E-state index < -0.39 is 5.97 Å². The molecule has 1 aromatic heterocycles. The van der Waals surface area contributed by atoms with Crippen LogP contribution >= 0.6 is 0 Å². The number of hydrogen-bond acceptors (Lipinski definition) is 6. The van der Waals surface area contributed by atoms with E-state index in [1.807, 2.05) is 54.6 Å². The highest BCUT2D eigenvalue weighted by molar-refractivity contribution is 6.15. The molecule has 7 heteroatoms. The largest absolute Gasteiger partial charge is 0.497 e. The van der Waals surface area contributed by atoms with Gasteiger partial charge in [-0.15, -0.1) is 5.10 Å². The van der Waals surface area contributed by atoms with Gasteiger partial charge < -0.3 is 9.47 Å². The van der Waals surface area contributed by atoms with Crippen LogP contribution in [-0.2, 0) is 16.0 Å². The molecular weight excluding hydrogens is 344 g/mol. The van der Waals surface area contributed by atoms with Crippen LogP contribution in [0.15, 0.2) is 54.6 Å². The van der Waals surface area contributed by atoms with E-state index in [1.165, 1.54) is 4.68 Å². The molecule has 0 N–H and O–H groups in total. The molecular formula is C20H20N4O3. The van der Waals surface area contributed by atoms with Crippen LogP contribution in [0.2, 0.25) is 0 Å². The summed E-state index contributed by atoms with van der Waals surface area (Å²) in [5.41, 5.74) is 2.17. The number of rotatable bonds is 7. The van der Waals surface area contributed by atoms with Gasteiger partial charge in [-0.2, -0.15) is 4.68 Å². The maximum atomic E-state index is 12.7. The van der Waals surface area contributed by atoms with E-state index in [4.69, 9.17) is 9.47 Å². The standard InChI is InChI=1S/C20H20N4O3/c1-15-21-22-23-24(15)19(14-17-6-4-3-5-7-17)20(25)27-13-12-16-8-10-18(26-2)11-9-16/h3-11,14H,12-13H2,1-2H3/b19-14-. The summed E-state index contributed by atoms with van der Waals surface area (Å²) in [6, 6.07) is 17.1. The first kappa shape index (κ1) is 18.3. The quantitative estimate of drug-likeness (QED) is 0.474. The van der Waals surface area contributed by atoms with Crippen LogP contribution in [0.25, 0.3) is 11.8 Å². The minimum Gasteiger partial charge on any atom is -0.497 e. The van der Waals surface area contributed by atoms with Gasteiger partial charge in [-0.25, -0.2) is 4.79 Å². The van der Waals surface area contributed by atoms with Crippen LogP contribution in [0, 0.1) is 6.92 Å². The van der Waals surface area contributed by atoms with Gasteiger partial charge in [-0.3, -0.25) is 0 Å². The van der Waals surface area contributed by atoms with Crippen molar-refractivity contribution in [2.75, 3.05) is 13.7 Å². The molecule has 0 atom stereocenters. The number of methoxy groups -OCH3 is 1. The predicted molar refractivity (Wildman–Crippen MR) is 101 cm³/mol. The lowest BCUT2D eigenvalue weighted by atomic mass is 10.1. The minimum absolute atomic E-state index is 0.248. The fourth-order valence-corrected chi connectivity index (χ4v) is 2.50. The molecule has 0 radical (unpaired) electrons. The Kier molecular flexibility index (Phi) is 5.94. The highest BCUT2D eigenvalue weighted by Crippen LogP contribution is 2.15. The first-order valence-corrected chi connectivity index (χ1v) is 8.49. The van der Waals surface area contributed by atoms with Gasteiger partial charge in [-0.1, -0.05) is 42.5 Å². The SMILES string of the molecule is COc1ccc(CCOC(=O)/C(=C/c2ccccc2)n2nnnc2C)cc1. The second-order valence-corrected chi connectivity index (χ2v) is 5.81. The lowest BCUT2D eigenvalue weighted by Crippen LogP contribution is -2.16. The van der Waals surface area contributed by atoms with E-state index in [0.29, 0.717) is 12.2 Å². The number of tetrazole rings is 1. The predicted octanol–water partition coefficient (Wildman–Crippen LogP) is 2.77. The molecule has 0 bridgehead atoms. The van der Waals surface area contributed by atoms with Crippen molar-refractivity contribution >= 4 is 17.7 Å². The van der Waals surface area contributed by atoms with Crippen molar-refractivity contribution in [2.24, 2.45) is 0 Å². The van der Waals surface area contributed by atoms with Gasteiger partial charge in [0.15, 0.2) is 11.5 Å². The fraction of sp³-hybridized carbons (Fsp3) is 0.200. The normalized spacial score (nSPS) is 11.3. The summed E-state index contributed by atoms with van der Waals surface area (Å²) in [5.74, 6) is 0.810. The Balaban J connectivity index is 1.71. The average Bonchev–Trinajstić information content (AvgIpc) is 3.13. The van der Waals surface area contributed by atoms with Crippen molar-refractivity contribution in [3.05, 3.63) is 71.5 Å². The second kappa shape index (κ2) is 8.75. The van der Waals surface area contributed by atoms with Crippen molar-refractivity contribution in [2.45, 2.75) is 13.3 Å². The first-order valence-electron chi connectivity index (χ1n) is 8.49. The van der Waals surface area contributed by atoms with Gasteiger partial charge in [0.2, 0.25) is 0 Å². The van der Waals surface area contributed by atoms with Gasteiger partial charge in [-0.05, 0) is 46.7 Å². The zero-order chi connectivity index (χ0) is 19.1. The van der Waals surface area contributed by atoms with Crippen molar-refractivity contribution in [3.8, 4) is 5.75 Å². The first-order chi connectivity index (χ1) is 13.2. The molecule has 0 saturated heterocycles. The minimum atomic E-state index is -0.484. The van der Waals surface area contributed by atoms with Crippen molar-refractivity contribution in [1.82, 2.24) is 20.2 Å². The Hall–Kier alpha value is -3.48. The molecule has 27 heavy (non-hydrogen) atoms. The number of carbonyl (C=O) groups excluding carboxylic acids is 1. The number of carbonyl (C=O) groups is 1. The van der Waals surface area contributed by atoms with E-state index in [9.17, 15) is 4.79 Å². The van der Waals surface area contributed by atoms with Gasteiger partial charge in [0, 0.05) is 6.42 Å². The molecule has 0 saturated carbocycles. The number of ether oxygens (including phenoxy) is 2. The third-order valence-corrected chi connectivity index (χ3v) is 3.95. The highest BCUT2D eigenvalue weighted by Gasteiger charge is 2.17. The number of benzene rings is 2. The van der Waals surface area contributed by atoms with E-state index >= 15 is 0 Å². The van der Waals surface area contributed by atoms with Crippen molar-refractivity contribution < 1.29 is 14.3 Å². The molecule has 0 aliphatic carbocycles. The van der Waals surface area contributed by atoms with Gasteiger partial charge in [0.1, 0.15) is 5.75 Å². The van der Waals surface area contributed by atoms with Crippen LogP contribution in [0.4, 0.5) is 0 Å². The van der Waals surface area contributed by atoms with Crippen LogP contribution < -0.4 is 4.74 Å². The molecule has 0 fully saturated rings. The van der Waals surface area contributed by atoms with E-state index in [2.05, 4.69) is 15.5 Å². The van der Waals surface area contributed by atoms with Crippen molar-refractivity contribution in [3.63, 3.8) is 0 Å². The molecule has 0 amide bonds. The summed E-state index contributed by atoms with van der Waals surface area (Å²) in [6.07, 6.45) is 2.31. The Morgan fingerprint density at radius 1 is 1.11 bits per heavy atom. The smallest absolute Gasteiger partial charge is 0.357 e. The molecule has 2 aromatic carbocycles. The molecule has 3 aromatic rings. The summed E-state index contributed by atoms with van der Waals surface area (Å²) in [6.45, 7) is 1.97. The summed E-state index contributed by atoms with van der Waals surface area (Å²) in [7, 11) is 1.62. The molecule has 1 heterocycles. The highest BCUT2D eigenvalue weighted by atomic mass is 16.5. The number of aryl methyl sites for hydroxylation is 1. The third-order valence-electron chi connectivity index (χ3n) is 3.95. The molecule has 0 spiro atoms. The molecule has 7 nitrogen and oxygen atoms in total. The van der Waals surface area contributed by atoms with Gasteiger partial charge in [0.05, 0.1) is 13.7 Å². The number of aromatic nitrogens is 4. The van der Waals surface area contributed by atoms with Crippen molar-refractivity contribution in [1.29, 1.82) is 0 Å². The molecule has 0 aliphatic heterocycles.